The number of hydrogen-bond donors (Lipinski definition) is 2. The van der Waals surface area contributed by atoms with Crippen molar-refractivity contribution in [3.05, 3.63) is 69.2 Å². The van der Waals surface area contributed by atoms with Crippen molar-refractivity contribution in [1.82, 2.24) is 5.32 Å². The number of esters is 1. The molecule has 0 saturated carbocycles. The minimum Gasteiger partial charge on any atom is -0.497 e. The Morgan fingerprint density at radius 2 is 1.86 bits per heavy atom. The molecule has 0 aliphatic carbocycles. The van der Waals surface area contributed by atoms with Crippen molar-refractivity contribution < 1.29 is 37.0 Å². The average Bonchev–Trinajstić information content (AvgIpc) is 2.87. The first-order valence-electron chi connectivity index (χ1n) is 10.5. The van der Waals surface area contributed by atoms with Gasteiger partial charge in [-0.3, -0.25) is 14.4 Å². The van der Waals surface area contributed by atoms with E-state index >= 15 is 0 Å². The van der Waals surface area contributed by atoms with Crippen molar-refractivity contribution in [2.45, 2.75) is 12.1 Å². The van der Waals surface area contributed by atoms with E-state index in [1.165, 1.54) is 13.2 Å². The van der Waals surface area contributed by atoms with E-state index in [1.54, 1.807) is 24.3 Å². The minimum absolute atomic E-state index is 0.0174. The molecule has 1 aliphatic heterocycles. The van der Waals surface area contributed by atoms with Gasteiger partial charge in [-0.15, -0.1) is 0 Å². The summed E-state index contributed by atoms with van der Waals surface area (Å²) in [5, 5.41) is 14.2. The van der Waals surface area contributed by atoms with Gasteiger partial charge in [0.05, 0.1) is 47.2 Å². The number of amides is 2. The fourth-order valence-corrected chi connectivity index (χ4v) is 4.72. The van der Waals surface area contributed by atoms with Gasteiger partial charge in [-0.05, 0) is 35.9 Å². The Morgan fingerprint density at radius 1 is 1.19 bits per heavy atom. The number of anilines is 1. The zero-order chi connectivity index (χ0) is 27.3. The number of halogens is 4. The maximum absolute atomic E-state index is 13.1. The second-order valence-electron chi connectivity index (χ2n) is 7.62. The molecule has 2 amide bonds. The second-order valence-corrected chi connectivity index (χ2v) is 9.02. The van der Waals surface area contributed by atoms with Crippen LogP contribution in [0.3, 0.4) is 0 Å². The summed E-state index contributed by atoms with van der Waals surface area (Å²) < 4.78 is 49.2. The lowest BCUT2D eigenvalue weighted by molar-refractivity contribution is -0.150. The van der Waals surface area contributed by atoms with Crippen LogP contribution in [-0.2, 0) is 25.3 Å². The van der Waals surface area contributed by atoms with E-state index in [2.05, 4.69) is 10.6 Å². The highest BCUT2D eigenvalue weighted by Crippen LogP contribution is 2.41. The summed E-state index contributed by atoms with van der Waals surface area (Å²) >= 11 is 6.39. The summed E-state index contributed by atoms with van der Waals surface area (Å²) in [6.07, 6.45) is -4.71. The number of rotatable bonds is 7. The van der Waals surface area contributed by atoms with Crippen LogP contribution in [0, 0.1) is 17.2 Å². The van der Waals surface area contributed by atoms with Crippen molar-refractivity contribution in [3.8, 4) is 11.8 Å². The number of benzene rings is 2. The number of allylic oxidation sites excluding steroid dienone is 1. The molecule has 0 fully saturated rings. The highest BCUT2D eigenvalue weighted by molar-refractivity contribution is 8.03. The molecule has 0 unspecified atom stereocenters. The first kappa shape index (κ1) is 27.9. The van der Waals surface area contributed by atoms with Crippen LogP contribution >= 0.6 is 23.4 Å². The molecule has 2 atom stereocenters. The Hall–Kier alpha value is -3.69. The van der Waals surface area contributed by atoms with Crippen LogP contribution in [0.25, 0.3) is 0 Å². The second kappa shape index (κ2) is 11.6. The number of thioether (sulfide) groups is 1. The number of carbonyl (C=O) groups is 3. The van der Waals surface area contributed by atoms with E-state index < -0.39 is 46.4 Å². The normalized spacial score (nSPS) is 17.5. The summed E-state index contributed by atoms with van der Waals surface area (Å²) in [5.41, 5.74) is -0.758. The molecule has 2 aromatic rings. The molecule has 2 aromatic carbocycles. The van der Waals surface area contributed by atoms with Crippen molar-refractivity contribution in [1.29, 1.82) is 5.26 Å². The molecule has 2 N–H and O–H groups in total. The third-order valence-electron chi connectivity index (χ3n) is 5.36. The van der Waals surface area contributed by atoms with Gasteiger partial charge in [0, 0.05) is 11.6 Å². The van der Waals surface area contributed by atoms with Gasteiger partial charge in [-0.1, -0.05) is 35.5 Å². The zero-order valence-electron chi connectivity index (χ0n) is 19.3. The van der Waals surface area contributed by atoms with Gasteiger partial charge >= 0.3 is 12.1 Å². The summed E-state index contributed by atoms with van der Waals surface area (Å²) in [6, 6.07) is 11.3. The Morgan fingerprint density at radius 3 is 2.43 bits per heavy atom. The van der Waals surface area contributed by atoms with Crippen LogP contribution in [0.1, 0.15) is 17.0 Å². The van der Waals surface area contributed by atoms with Gasteiger partial charge in [0.2, 0.25) is 11.8 Å². The van der Waals surface area contributed by atoms with E-state index in [9.17, 15) is 32.8 Å². The fourth-order valence-electron chi connectivity index (χ4n) is 3.65. The number of nitrogens with one attached hydrogen (secondary N) is 2. The number of ether oxygens (including phenoxy) is 2. The highest BCUT2D eigenvalue weighted by atomic mass is 35.5. The van der Waals surface area contributed by atoms with E-state index in [4.69, 9.17) is 21.1 Å². The Kier molecular flexibility index (Phi) is 8.73. The highest BCUT2D eigenvalue weighted by Gasteiger charge is 2.44. The predicted molar refractivity (Wildman–Crippen MR) is 130 cm³/mol. The number of hydrogen-bond acceptors (Lipinski definition) is 7. The molecule has 0 spiro atoms. The standard InChI is InChI=1S/C24H19ClF3N3O5S/c1-35-14-6-3-12(4-7-14)19-15(10-29)22(31-21(33)20(19)23(34)36-2)37-11-18(32)30-13-5-8-17(25)16(9-13)24(26,27)28/h3-9,19-20H,11H2,1-2H3,(H,30,32)(H,31,33)/t19-,20+/m0/s1. The first-order chi connectivity index (χ1) is 17.5. The number of alkyl halides is 3. The van der Waals surface area contributed by atoms with Gasteiger partial charge < -0.3 is 20.1 Å². The van der Waals surface area contributed by atoms with Crippen LogP contribution in [0.4, 0.5) is 18.9 Å². The summed E-state index contributed by atoms with van der Waals surface area (Å²) in [7, 11) is 2.58. The Labute approximate surface area is 218 Å². The summed E-state index contributed by atoms with van der Waals surface area (Å²) in [4.78, 5) is 37.8. The quantitative estimate of drug-likeness (QED) is 0.383. The Balaban J connectivity index is 1.87. The third kappa shape index (κ3) is 6.36. The fraction of sp³-hybridized carbons (Fsp3) is 0.250. The van der Waals surface area contributed by atoms with Crippen LogP contribution in [0.5, 0.6) is 5.75 Å². The van der Waals surface area contributed by atoms with Crippen molar-refractivity contribution in [2.75, 3.05) is 25.3 Å². The molecule has 0 saturated heterocycles. The van der Waals surface area contributed by atoms with Crippen molar-refractivity contribution in [3.63, 3.8) is 0 Å². The van der Waals surface area contributed by atoms with Gasteiger partial charge in [0.25, 0.3) is 0 Å². The van der Waals surface area contributed by atoms with E-state index in [1.807, 2.05) is 6.07 Å². The molecule has 194 valence electrons. The van der Waals surface area contributed by atoms with Crippen molar-refractivity contribution in [2.24, 2.45) is 5.92 Å². The van der Waals surface area contributed by atoms with E-state index in [0.717, 1.165) is 24.9 Å². The van der Waals surface area contributed by atoms with Crippen LogP contribution < -0.4 is 15.4 Å². The van der Waals surface area contributed by atoms with Gasteiger partial charge in [-0.25, -0.2) is 0 Å². The zero-order valence-corrected chi connectivity index (χ0v) is 20.9. The SMILES string of the molecule is COC(=O)[C@H]1C(=O)NC(SCC(=O)Nc2ccc(Cl)c(C(F)(F)F)c2)=C(C#N)[C@@H]1c1ccc(OC)cc1. The van der Waals surface area contributed by atoms with Crippen LogP contribution in [0.15, 0.2) is 53.1 Å². The lowest BCUT2D eigenvalue weighted by Crippen LogP contribution is -2.44. The minimum atomic E-state index is -4.71. The van der Waals surface area contributed by atoms with Gasteiger partial charge in [0.15, 0.2) is 0 Å². The van der Waals surface area contributed by atoms with Crippen LogP contribution in [0.2, 0.25) is 5.02 Å². The van der Waals surface area contributed by atoms with Crippen molar-refractivity contribution >= 4 is 46.8 Å². The maximum Gasteiger partial charge on any atom is 0.417 e. The summed E-state index contributed by atoms with van der Waals surface area (Å²) in [5.74, 6) is -4.49. The number of carbonyl (C=O) groups excluding carboxylic acids is 3. The van der Waals surface area contributed by atoms with E-state index in [-0.39, 0.29) is 22.0 Å². The number of nitrogens with zero attached hydrogens (tertiary/aromatic N) is 1. The molecule has 37 heavy (non-hydrogen) atoms. The summed E-state index contributed by atoms with van der Waals surface area (Å²) in [6.45, 7) is 0. The van der Waals surface area contributed by atoms with Gasteiger partial charge in [0.1, 0.15) is 11.7 Å². The topological polar surface area (TPSA) is 118 Å². The largest absolute Gasteiger partial charge is 0.497 e. The monoisotopic (exact) mass is 553 g/mol. The first-order valence-corrected chi connectivity index (χ1v) is 11.8. The Bertz CT molecular complexity index is 1290. The number of methoxy groups -OCH3 is 2. The molecular formula is C24H19ClF3N3O5S. The maximum atomic E-state index is 13.1. The number of nitriles is 1. The third-order valence-corrected chi connectivity index (χ3v) is 6.71. The molecule has 13 heteroatoms. The molecule has 0 radical (unpaired) electrons. The predicted octanol–water partition coefficient (Wildman–Crippen LogP) is 4.48. The molecule has 8 nitrogen and oxygen atoms in total. The van der Waals surface area contributed by atoms with Gasteiger partial charge in [-0.2, -0.15) is 18.4 Å². The van der Waals surface area contributed by atoms with Crippen LogP contribution in [-0.4, -0.2) is 37.8 Å². The molecule has 1 heterocycles. The molecule has 1 aliphatic rings. The van der Waals surface area contributed by atoms with E-state index in [0.29, 0.717) is 17.4 Å². The molecule has 0 aromatic heterocycles. The lowest BCUT2D eigenvalue weighted by atomic mass is 9.78. The molecule has 0 bridgehead atoms. The molecule has 3 rings (SSSR count). The molecular weight excluding hydrogens is 535 g/mol. The smallest absolute Gasteiger partial charge is 0.417 e. The average molecular weight is 554 g/mol. The lowest BCUT2D eigenvalue weighted by Gasteiger charge is -2.31.